The molecule has 23 heavy (non-hydrogen) atoms. The van der Waals surface area contributed by atoms with Gasteiger partial charge >= 0.3 is 11.9 Å². The molecule has 1 aromatic carbocycles. The standard InChI is InChI=1S/C17H24N2O4/c1-18-6-8-19(9-7-18)12-14-4-2-13(3-5-14)10-15(17(22)23)11-16(20)21/h2-5,15H,6-12H2,1H3,(H,20,21)(H,22,23). The number of hydrogen-bond acceptors (Lipinski definition) is 4. The zero-order valence-corrected chi connectivity index (χ0v) is 13.4. The van der Waals surface area contributed by atoms with Crippen LogP contribution in [0.15, 0.2) is 24.3 Å². The number of carbonyl (C=O) groups is 2. The Morgan fingerprint density at radius 1 is 1.04 bits per heavy atom. The van der Waals surface area contributed by atoms with Crippen LogP contribution < -0.4 is 0 Å². The van der Waals surface area contributed by atoms with Crippen molar-refractivity contribution >= 4 is 11.9 Å². The highest BCUT2D eigenvalue weighted by molar-refractivity contribution is 5.78. The average molecular weight is 320 g/mol. The van der Waals surface area contributed by atoms with Crippen molar-refractivity contribution in [3.63, 3.8) is 0 Å². The molecule has 6 nitrogen and oxygen atoms in total. The number of likely N-dealkylation sites (N-methyl/N-ethyl adjacent to an activating group) is 1. The predicted octanol–water partition coefficient (Wildman–Crippen LogP) is 1.15. The summed E-state index contributed by atoms with van der Waals surface area (Å²) in [6.45, 7) is 5.16. The van der Waals surface area contributed by atoms with Gasteiger partial charge in [0.25, 0.3) is 0 Å². The van der Waals surface area contributed by atoms with Gasteiger partial charge in [-0.25, -0.2) is 0 Å². The summed E-state index contributed by atoms with van der Waals surface area (Å²) in [7, 11) is 2.13. The maximum atomic E-state index is 11.1. The Morgan fingerprint density at radius 2 is 1.61 bits per heavy atom. The molecule has 0 aliphatic carbocycles. The summed E-state index contributed by atoms with van der Waals surface area (Å²) in [5, 5.41) is 17.9. The first kappa shape index (κ1) is 17.4. The Morgan fingerprint density at radius 3 is 2.13 bits per heavy atom. The lowest BCUT2D eigenvalue weighted by Gasteiger charge is -2.32. The minimum absolute atomic E-state index is 0.246. The molecular formula is C17H24N2O4. The van der Waals surface area contributed by atoms with E-state index in [1.807, 2.05) is 24.3 Å². The lowest BCUT2D eigenvalue weighted by Crippen LogP contribution is -2.43. The largest absolute Gasteiger partial charge is 0.481 e. The van der Waals surface area contributed by atoms with E-state index in [1.165, 1.54) is 5.56 Å². The first-order chi connectivity index (χ1) is 10.9. The highest BCUT2D eigenvalue weighted by Crippen LogP contribution is 2.15. The second-order valence-electron chi connectivity index (χ2n) is 6.23. The number of piperazine rings is 1. The summed E-state index contributed by atoms with van der Waals surface area (Å²) in [5.41, 5.74) is 2.06. The zero-order chi connectivity index (χ0) is 16.8. The van der Waals surface area contributed by atoms with Gasteiger partial charge in [-0.2, -0.15) is 0 Å². The summed E-state index contributed by atoms with van der Waals surface area (Å²) in [6.07, 6.45) is -0.102. The van der Waals surface area contributed by atoms with Crippen molar-refractivity contribution in [2.45, 2.75) is 19.4 Å². The molecule has 1 aliphatic rings. The van der Waals surface area contributed by atoms with Crippen LogP contribution in [0, 0.1) is 5.92 Å². The second kappa shape index (κ2) is 8.08. The van der Waals surface area contributed by atoms with Gasteiger partial charge in [0, 0.05) is 32.7 Å². The zero-order valence-electron chi connectivity index (χ0n) is 13.4. The van der Waals surface area contributed by atoms with Crippen molar-refractivity contribution in [3.05, 3.63) is 35.4 Å². The monoisotopic (exact) mass is 320 g/mol. The van der Waals surface area contributed by atoms with Crippen LogP contribution >= 0.6 is 0 Å². The molecular weight excluding hydrogens is 296 g/mol. The number of benzene rings is 1. The minimum Gasteiger partial charge on any atom is -0.481 e. The first-order valence-electron chi connectivity index (χ1n) is 7.87. The van der Waals surface area contributed by atoms with Gasteiger partial charge in [-0.15, -0.1) is 0 Å². The Bertz CT molecular complexity index is 536. The molecule has 126 valence electrons. The van der Waals surface area contributed by atoms with E-state index in [4.69, 9.17) is 10.2 Å². The molecule has 0 saturated carbocycles. The van der Waals surface area contributed by atoms with E-state index in [0.29, 0.717) is 0 Å². The summed E-state index contributed by atoms with van der Waals surface area (Å²) >= 11 is 0. The summed E-state index contributed by atoms with van der Waals surface area (Å²) < 4.78 is 0. The molecule has 6 heteroatoms. The lowest BCUT2D eigenvalue weighted by atomic mass is 9.95. The van der Waals surface area contributed by atoms with Crippen molar-refractivity contribution in [2.24, 2.45) is 5.92 Å². The summed E-state index contributed by atoms with van der Waals surface area (Å²) in [4.78, 5) is 26.6. The second-order valence-corrected chi connectivity index (χ2v) is 6.23. The number of hydrogen-bond donors (Lipinski definition) is 2. The van der Waals surface area contributed by atoms with E-state index < -0.39 is 17.9 Å². The van der Waals surface area contributed by atoms with E-state index in [1.54, 1.807) is 0 Å². The number of rotatable bonds is 7. The molecule has 1 heterocycles. The van der Waals surface area contributed by atoms with Crippen LogP contribution in [0.25, 0.3) is 0 Å². The van der Waals surface area contributed by atoms with Gasteiger partial charge < -0.3 is 15.1 Å². The molecule has 0 bridgehead atoms. The molecule has 2 rings (SSSR count). The number of aliphatic carboxylic acids is 2. The molecule has 1 unspecified atom stereocenters. The van der Waals surface area contributed by atoms with Crippen LogP contribution in [0.4, 0.5) is 0 Å². The fraction of sp³-hybridized carbons (Fsp3) is 0.529. The van der Waals surface area contributed by atoms with Crippen molar-refractivity contribution < 1.29 is 19.8 Å². The van der Waals surface area contributed by atoms with Crippen molar-refractivity contribution in [2.75, 3.05) is 33.2 Å². The molecule has 0 spiro atoms. The molecule has 2 N–H and O–H groups in total. The predicted molar refractivity (Wildman–Crippen MR) is 86.3 cm³/mol. The lowest BCUT2D eigenvalue weighted by molar-refractivity contribution is -0.148. The molecule has 0 aromatic heterocycles. The van der Waals surface area contributed by atoms with Crippen molar-refractivity contribution in [1.82, 2.24) is 9.80 Å². The summed E-state index contributed by atoms with van der Waals surface area (Å²) in [6, 6.07) is 7.83. The minimum atomic E-state index is -1.08. The fourth-order valence-electron chi connectivity index (χ4n) is 2.79. The molecule has 1 fully saturated rings. The average Bonchev–Trinajstić information content (AvgIpc) is 2.50. The smallest absolute Gasteiger partial charge is 0.307 e. The van der Waals surface area contributed by atoms with Crippen LogP contribution in [0.1, 0.15) is 17.5 Å². The number of carboxylic acids is 2. The number of nitrogens with zero attached hydrogens (tertiary/aromatic N) is 2. The quantitative estimate of drug-likeness (QED) is 0.784. The Kier molecular flexibility index (Phi) is 6.12. The van der Waals surface area contributed by atoms with E-state index in [-0.39, 0.29) is 12.8 Å². The van der Waals surface area contributed by atoms with Gasteiger partial charge in [0.2, 0.25) is 0 Å². The third-order valence-electron chi connectivity index (χ3n) is 4.28. The van der Waals surface area contributed by atoms with Crippen LogP contribution in [-0.4, -0.2) is 65.2 Å². The first-order valence-corrected chi connectivity index (χ1v) is 7.87. The van der Waals surface area contributed by atoms with Gasteiger partial charge in [0.1, 0.15) is 0 Å². The third kappa shape index (κ3) is 5.65. The van der Waals surface area contributed by atoms with E-state index in [9.17, 15) is 9.59 Å². The maximum absolute atomic E-state index is 11.1. The highest BCUT2D eigenvalue weighted by Gasteiger charge is 2.21. The molecule has 0 radical (unpaired) electrons. The van der Waals surface area contributed by atoms with Gasteiger partial charge in [0.05, 0.1) is 12.3 Å². The Balaban J connectivity index is 1.90. The molecule has 0 amide bonds. The fourth-order valence-corrected chi connectivity index (χ4v) is 2.79. The molecule has 1 saturated heterocycles. The van der Waals surface area contributed by atoms with Crippen LogP contribution in [0.2, 0.25) is 0 Å². The van der Waals surface area contributed by atoms with Gasteiger partial charge in [0.15, 0.2) is 0 Å². The van der Waals surface area contributed by atoms with Crippen LogP contribution in [-0.2, 0) is 22.6 Å². The molecule has 1 aliphatic heterocycles. The van der Waals surface area contributed by atoms with E-state index >= 15 is 0 Å². The highest BCUT2D eigenvalue weighted by atomic mass is 16.4. The Hall–Kier alpha value is -1.92. The maximum Gasteiger partial charge on any atom is 0.307 e. The number of carboxylic acid groups (broad SMARTS) is 2. The summed E-state index contributed by atoms with van der Waals surface area (Å²) in [5.74, 6) is -3.02. The van der Waals surface area contributed by atoms with Crippen molar-refractivity contribution in [1.29, 1.82) is 0 Å². The van der Waals surface area contributed by atoms with Gasteiger partial charge in [-0.05, 0) is 24.6 Å². The Labute approximate surface area is 136 Å². The SMILES string of the molecule is CN1CCN(Cc2ccc(CC(CC(=O)O)C(=O)O)cc2)CC1. The third-order valence-corrected chi connectivity index (χ3v) is 4.28. The van der Waals surface area contributed by atoms with Gasteiger partial charge in [-0.1, -0.05) is 24.3 Å². The molecule has 1 aromatic rings. The van der Waals surface area contributed by atoms with E-state index in [0.717, 1.165) is 38.3 Å². The van der Waals surface area contributed by atoms with Crippen LogP contribution in [0.3, 0.4) is 0 Å². The van der Waals surface area contributed by atoms with Crippen LogP contribution in [0.5, 0.6) is 0 Å². The topological polar surface area (TPSA) is 81.1 Å². The normalized spacial score (nSPS) is 17.8. The van der Waals surface area contributed by atoms with Crippen molar-refractivity contribution in [3.8, 4) is 0 Å². The van der Waals surface area contributed by atoms with E-state index in [2.05, 4.69) is 16.8 Å². The molecule has 1 atom stereocenters. The van der Waals surface area contributed by atoms with Gasteiger partial charge in [-0.3, -0.25) is 14.5 Å².